The third-order valence-electron chi connectivity index (χ3n) is 5.48. The van der Waals surface area contributed by atoms with E-state index in [0.29, 0.717) is 0 Å². The second-order valence-corrected chi connectivity index (χ2v) is 7.69. The molecule has 3 fully saturated rings. The minimum absolute atomic E-state index is 0.901. The molecule has 0 atom stereocenters. The highest BCUT2D eigenvalue weighted by Crippen LogP contribution is 2.29. The van der Waals surface area contributed by atoms with Crippen molar-refractivity contribution in [3.63, 3.8) is 0 Å². The van der Waals surface area contributed by atoms with Gasteiger partial charge in [-0.05, 0) is 30.9 Å². The number of hydrogen-bond acceptors (Lipinski definition) is 7. The molecule has 0 spiro atoms. The van der Waals surface area contributed by atoms with Gasteiger partial charge < -0.3 is 10.3 Å². The van der Waals surface area contributed by atoms with Crippen molar-refractivity contribution < 1.29 is 0 Å². The van der Waals surface area contributed by atoms with Crippen molar-refractivity contribution in [3.8, 4) is 0 Å². The molecule has 1 aromatic heterocycles. The molecule has 25 heavy (non-hydrogen) atoms. The summed E-state index contributed by atoms with van der Waals surface area (Å²) in [6.07, 6.45) is 4.80. The van der Waals surface area contributed by atoms with Gasteiger partial charge in [0.05, 0.1) is 11.4 Å². The maximum atomic E-state index is 5.83. The molecular formula is C18H31N7. The van der Waals surface area contributed by atoms with Gasteiger partial charge in [-0.25, -0.2) is 10.0 Å². The van der Waals surface area contributed by atoms with Gasteiger partial charge in [0.25, 0.3) is 0 Å². The lowest BCUT2D eigenvalue weighted by Crippen LogP contribution is -2.49. The summed E-state index contributed by atoms with van der Waals surface area (Å²) in [5.41, 5.74) is 5.85. The molecule has 0 unspecified atom stereocenters. The molecule has 3 heterocycles. The van der Waals surface area contributed by atoms with Gasteiger partial charge in [0.2, 0.25) is 0 Å². The lowest BCUT2D eigenvalue weighted by atomic mass is 10.2. The van der Waals surface area contributed by atoms with E-state index >= 15 is 0 Å². The summed E-state index contributed by atoms with van der Waals surface area (Å²) in [6, 6.07) is 4.25. The second-order valence-electron chi connectivity index (χ2n) is 7.69. The average molecular weight is 345 g/mol. The summed E-state index contributed by atoms with van der Waals surface area (Å²) >= 11 is 0. The molecule has 7 heteroatoms. The maximum absolute atomic E-state index is 5.83. The quantitative estimate of drug-likeness (QED) is 0.725. The van der Waals surface area contributed by atoms with Gasteiger partial charge in [-0.3, -0.25) is 15.7 Å². The van der Waals surface area contributed by atoms with Crippen LogP contribution in [0, 0.1) is 5.92 Å². The van der Waals surface area contributed by atoms with E-state index in [1.165, 1.54) is 32.5 Å². The summed E-state index contributed by atoms with van der Waals surface area (Å²) in [5.74, 6) is 6.82. The number of pyridine rings is 1. The van der Waals surface area contributed by atoms with Crippen LogP contribution < -0.4 is 11.3 Å². The standard InChI is InChI=1S/C18H31N7/c19-24-9-5-23(6-10-24)15-18-13-17(3-4-20-18)21-25-11-7-22(8-12-25)14-16-1-2-16/h3-4,13,16H,1-2,5-12,14-15,19H2,(H,20,21). The van der Waals surface area contributed by atoms with Crippen LogP contribution in [0.25, 0.3) is 0 Å². The molecule has 2 saturated heterocycles. The molecule has 1 aliphatic carbocycles. The largest absolute Gasteiger partial charge is 0.319 e. The van der Waals surface area contributed by atoms with E-state index in [4.69, 9.17) is 5.84 Å². The first-order valence-corrected chi connectivity index (χ1v) is 9.65. The van der Waals surface area contributed by atoms with Crippen molar-refractivity contribution in [3.05, 3.63) is 24.0 Å². The van der Waals surface area contributed by atoms with Gasteiger partial charge in [-0.2, -0.15) is 0 Å². The molecule has 0 bridgehead atoms. The molecule has 4 rings (SSSR count). The summed E-state index contributed by atoms with van der Waals surface area (Å²) < 4.78 is 0. The molecule has 0 radical (unpaired) electrons. The van der Waals surface area contributed by atoms with Crippen molar-refractivity contribution in [2.75, 3.05) is 64.3 Å². The Morgan fingerprint density at radius 3 is 2.44 bits per heavy atom. The predicted molar refractivity (Wildman–Crippen MR) is 99.6 cm³/mol. The van der Waals surface area contributed by atoms with E-state index in [1.54, 1.807) is 0 Å². The first-order valence-electron chi connectivity index (χ1n) is 9.65. The lowest BCUT2D eigenvalue weighted by molar-refractivity contribution is 0.127. The maximum Gasteiger partial charge on any atom is 0.0564 e. The number of rotatable bonds is 6. The highest BCUT2D eigenvalue weighted by atomic mass is 15.5. The fourth-order valence-electron chi connectivity index (χ4n) is 3.68. The Morgan fingerprint density at radius 2 is 1.72 bits per heavy atom. The van der Waals surface area contributed by atoms with Crippen LogP contribution in [0.2, 0.25) is 0 Å². The zero-order chi connectivity index (χ0) is 17.1. The number of hydrogen-bond donors (Lipinski definition) is 2. The summed E-state index contributed by atoms with van der Waals surface area (Å²) in [5, 5.41) is 4.24. The number of piperazine rings is 2. The molecule has 0 aromatic carbocycles. The molecule has 138 valence electrons. The lowest BCUT2D eigenvalue weighted by Gasteiger charge is -2.35. The third kappa shape index (κ3) is 5.12. The topological polar surface area (TPSA) is 63.9 Å². The second kappa shape index (κ2) is 7.97. The van der Waals surface area contributed by atoms with E-state index in [9.17, 15) is 0 Å². The molecular weight excluding hydrogens is 314 g/mol. The van der Waals surface area contributed by atoms with E-state index in [1.807, 2.05) is 11.2 Å². The van der Waals surface area contributed by atoms with Crippen LogP contribution >= 0.6 is 0 Å². The van der Waals surface area contributed by atoms with Crippen molar-refractivity contribution in [2.45, 2.75) is 19.4 Å². The molecule has 0 amide bonds. The molecule has 7 nitrogen and oxygen atoms in total. The van der Waals surface area contributed by atoms with Crippen LogP contribution in [0.1, 0.15) is 18.5 Å². The summed E-state index contributed by atoms with van der Waals surface area (Å²) in [4.78, 5) is 9.58. The average Bonchev–Trinajstić information content (AvgIpc) is 3.43. The molecule has 3 N–H and O–H groups in total. The van der Waals surface area contributed by atoms with Gasteiger partial charge in [0, 0.05) is 71.6 Å². The predicted octanol–water partition coefficient (Wildman–Crippen LogP) is 0.427. The Labute approximate surface area is 150 Å². The molecule has 1 saturated carbocycles. The fraction of sp³-hybridized carbons (Fsp3) is 0.722. The number of anilines is 1. The highest BCUT2D eigenvalue weighted by molar-refractivity contribution is 5.42. The third-order valence-corrected chi connectivity index (χ3v) is 5.48. The van der Waals surface area contributed by atoms with Crippen LogP contribution in [0.15, 0.2) is 18.3 Å². The van der Waals surface area contributed by atoms with Gasteiger partial charge in [0.15, 0.2) is 0 Å². The zero-order valence-corrected chi connectivity index (χ0v) is 15.1. The number of nitrogens with one attached hydrogen (secondary N) is 1. The Balaban J connectivity index is 1.25. The van der Waals surface area contributed by atoms with Crippen LogP contribution in [-0.2, 0) is 6.54 Å². The summed E-state index contributed by atoms with van der Waals surface area (Å²) in [6.45, 7) is 10.6. The van der Waals surface area contributed by atoms with Crippen molar-refractivity contribution in [1.29, 1.82) is 0 Å². The van der Waals surface area contributed by atoms with E-state index < -0.39 is 0 Å². The van der Waals surface area contributed by atoms with Crippen LogP contribution in [-0.4, -0.2) is 83.7 Å². The first kappa shape index (κ1) is 17.2. The summed E-state index contributed by atoms with van der Waals surface area (Å²) in [7, 11) is 0. The fourth-order valence-corrected chi connectivity index (χ4v) is 3.68. The molecule has 1 aromatic rings. The number of nitrogens with zero attached hydrogens (tertiary/aromatic N) is 5. The van der Waals surface area contributed by atoms with Gasteiger partial charge in [-0.15, -0.1) is 0 Å². The van der Waals surface area contributed by atoms with E-state index in [-0.39, 0.29) is 0 Å². The molecule has 2 aliphatic heterocycles. The minimum Gasteiger partial charge on any atom is -0.319 e. The molecule has 3 aliphatic rings. The van der Waals surface area contributed by atoms with E-state index in [0.717, 1.165) is 63.1 Å². The zero-order valence-electron chi connectivity index (χ0n) is 15.1. The van der Waals surface area contributed by atoms with Crippen LogP contribution in [0.4, 0.5) is 5.69 Å². The first-order chi connectivity index (χ1) is 12.2. The Kier molecular flexibility index (Phi) is 5.48. The van der Waals surface area contributed by atoms with Crippen LogP contribution in [0.5, 0.6) is 0 Å². The Bertz CT molecular complexity index is 546. The minimum atomic E-state index is 0.901. The normalized spacial score (nSPS) is 24.5. The number of hydrazine groups is 2. The van der Waals surface area contributed by atoms with Gasteiger partial charge >= 0.3 is 0 Å². The highest BCUT2D eigenvalue weighted by Gasteiger charge is 2.26. The number of aromatic nitrogens is 1. The monoisotopic (exact) mass is 345 g/mol. The van der Waals surface area contributed by atoms with Crippen molar-refractivity contribution >= 4 is 5.69 Å². The van der Waals surface area contributed by atoms with Crippen molar-refractivity contribution in [1.82, 2.24) is 24.8 Å². The van der Waals surface area contributed by atoms with Crippen LogP contribution in [0.3, 0.4) is 0 Å². The van der Waals surface area contributed by atoms with Gasteiger partial charge in [0.1, 0.15) is 0 Å². The Morgan fingerprint density at radius 1 is 1.00 bits per heavy atom. The smallest absolute Gasteiger partial charge is 0.0564 e. The SMILES string of the molecule is NN1CCN(Cc2cc(NN3CCN(CC4CC4)CC3)ccn2)CC1. The van der Waals surface area contributed by atoms with E-state index in [2.05, 4.69) is 37.4 Å². The van der Waals surface area contributed by atoms with Crippen molar-refractivity contribution in [2.24, 2.45) is 11.8 Å². The number of nitrogens with two attached hydrogens (primary N) is 1. The Hall–Kier alpha value is -1.25. The van der Waals surface area contributed by atoms with Gasteiger partial charge in [-0.1, -0.05) is 0 Å².